The largest absolute Gasteiger partial charge is 0.494 e. The van der Waals surface area contributed by atoms with Crippen LogP contribution in [0.15, 0.2) is 18.2 Å². The lowest BCUT2D eigenvalue weighted by Crippen LogP contribution is -2.45. The molecule has 3 atom stereocenters. The third kappa shape index (κ3) is 3.13. The summed E-state index contributed by atoms with van der Waals surface area (Å²) in [7, 11) is 1.49. The summed E-state index contributed by atoms with van der Waals surface area (Å²) in [5.74, 6) is 0.557. The number of likely N-dealkylation sites (tertiary alicyclic amines) is 1. The maximum absolute atomic E-state index is 13.9. The predicted molar refractivity (Wildman–Crippen MR) is 79.3 cm³/mol. The van der Waals surface area contributed by atoms with E-state index in [4.69, 9.17) is 10.5 Å². The summed E-state index contributed by atoms with van der Waals surface area (Å²) in [6.45, 7) is 6.10. The van der Waals surface area contributed by atoms with Gasteiger partial charge in [-0.25, -0.2) is 4.39 Å². The van der Waals surface area contributed by atoms with Crippen LogP contribution in [-0.4, -0.2) is 31.1 Å². The Morgan fingerprint density at radius 2 is 2.20 bits per heavy atom. The minimum Gasteiger partial charge on any atom is -0.494 e. The van der Waals surface area contributed by atoms with Gasteiger partial charge in [0, 0.05) is 18.6 Å². The minimum atomic E-state index is -0.295. The van der Waals surface area contributed by atoms with E-state index in [-0.39, 0.29) is 11.9 Å². The van der Waals surface area contributed by atoms with E-state index in [1.165, 1.54) is 13.5 Å². The molecule has 2 rings (SSSR count). The summed E-state index contributed by atoms with van der Waals surface area (Å²) in [4.78, 5) is 2.43. The number of piperidine rings is 1. The Labute approximate surface area is 120 Å². The van der Waals surface area contributed by atoms with Gasteiger partial charge in [-0.1, -0.05) is 6.07 Å². The zero-order valence-corrected chi connectivity index (χ0v) is 12.6. The standard InChI is InChI=1S/C16H25FN2O/c1-11-4-5-13(9-18)10-19(11)12(2)14-6-7-16(20-3)15(17)8-14/h6-8,11-13H,4-5,9-10,18H2,1-3H3. The van der Waals surface area contributed by atoms with E-state index in [2.05, 4.69) is 18.7 Å². The van der Waals surface area contributed by atoms with Gasteiger partial charge in [-0.2, -0.15) is 0 Å². The van der Waals surface area contributed by atoms with Crippen LogP contribution in [0.5, 0.6) is 5.75 Å². The summed E-state index contributed by atoms with van der Waals surface area (Å²) in [6.07, 6.45) is 2.35. The molecule has 4 heteroatoms. The monoisotopic (exact) mass is 280 g/mol. The molecule has 112 valence electrons. The van der Waals surface area contributed by atoms with Crippen LogP contribution in [0.4, 0.5) is 4.39 Å². The van der Waals surface area contributed by atoms with E-state index in [0.717, 1.165) is 25.1 Å². The van der Waals surface area contributed by atoms with Gasteiger partial charge in [0.05, 0.1) is 7.11 Å². The fraction of sp³-hybridized carbons (Fsp3) is 0.625. The fourth-order valence-electron chi connectivity index (χ4n) is 3.08. The fourth-order valence-corrected chi connectivity index (χ4v) is 3.08. The predicted octanol–water partition coefficient (Wildman–Crippen LogP) is 2.95. The topological polar surface area (TPSA) is 38.5 Å². The quantitative estimate of drug-likeness (QED) is 0.921. The molecule has 3 nitrogen and oxygen atoms in total. The van der Waals surface area contributed by atoms with Gasteiger partial charge in [0.15, 0.2) is 11.6 Å². The van der Waals surface area contributed by atoms with Crippen LogP contribution in [0.1, 0.15) is 38.3 Å². The minimum absolute atomic E-state index is 0.194. The second-order valence-electron chi connectivity index (χ2n) is 5.79. The first-order valence-electron chi connectivity index (χ1n) is 7.36. The maximum Gasteiger partial charge on any atom is 0.165 e. The van der Waals surface area contributed by atoms with Gasteiger partial charge >= 0.3 is 0 Å². The lowest BCUT2D eigenvalue weighted by molar-refractivity contribution is 0.0811. The Hall–Kier alpha value is -1.13. The number of ether oxygens (including phenoxy) is 1. The molecule has 0 bridgehead atoms. The molecule has 1 aliphatic heterocycles. The number of methoxy groups -OCH3 is 1. The molecular weight excluding hydrogens is 255 g/mol. The van der Waals surface area contributed by atoms with E-state index in [0.29, 0.717) is 17.7 Å². The third-order valence-electron chi connectivity index (χ3n) is 4.52. The first-order chi connectivity index (χ1) is 9.56. The van der Waals surface area contributed by atoms with Gasteiger partial charge in [0.25, 0.3) is 0 Å². The van der Waals surface area contributed by atoms with Gasteiger partial charge in [0.1, 0.15) is 0 Å². The molecule has 0 amide bonds. The Morgan fingerprint density at radius 1 is 1.45 bits per heavy atom. The van der Waals surface area contributed by atoms with Gasteiger partial charge < -0.3 is 10.5 Å². The van der Waals surface area contributed by atoms with Crippen molar-refractivity contribution in [3.8, 4) is 5.75 Å². The van der Waals surface area contributed by atoms with Gasteiger partial charge in [-0.3, -0.25) is 4.90 Å². The summed E-state index contributed by atoms with van der Waals surface area (Å²) in [5.41, 5.74) is 6.80. The lowest BCUT2D eigenvalue weighted by atomic mass is 9.91. The normalized spacial score (nSPS) is 25.4. The van der Waals surface area contributed by atoms with Crippen molar-refractivity contribution in [2.75, 3.05) is 20.2 Å². The molecule has 1 aliphatic rings. The van der Waals surface area contributed by atoms with E-state index in [9.17, 15) is 4.39 Å². The number of nitrogens with two attached hydrogens (primary N) is 1. The number of hydrogen-bond acceptors (Lipinski definition) is 3. The van der Waals surface area contributed by atoms with Crippen molar-refractivity contribution in [1.29, 1.82) is 0 Å². The Kier molecular flexibility index (Phi) is 5.00. The van der Waals surface area contributed by atoms with Crippen molar-refractivity contribution in [3.05, 3.63) is 29.6 Å². The maximum atomic E-state index is 13.9. The van der Waals surface area contributed by atoms with Crippen LogP contribution in [0.2, 0.25) is 0 Å². The molecule has 1 saturated heterocycles. The molecule has 0 radical (unpaired) electrons. The van der Waals surface area contributed by atoms with Gasteiger partial charge in [-0.15, -0.1) is 0 Å². The highest BCUT2D eigenvalue weighted by Crippen LogP contribution is 2.31. The Bertz CT molecular complexity index is 452. The number of nitrogens with zero attached hydrogens (tertiary/aromatic N) is 1. The summed E-state index contributed by atoms with van der Waals surface area (Å²) >= 11 is 0. The van der Waals surface area contributed by atoms with Crippen LogP contribution in [-0.2, 0) is 0 Å². The molecule has 20 heavy (non-hydrogen) atoms. The number of benzene rings is 1. The molecule has 1 fully saturated rings. The molecule has 1 aromatic rings. The van der Waals surface area contributed by atoms with Gasteiger partial charge in [0.2, 0.25) is 0 Å². The molecule has 1 aromatic carbocycles. The van der Waals surface area contributed by atoms with E-state index < -0.39 is 0 Å². The van der Waals surface area contributed by atoms with Crippen LogP contribution >= 0.6 is 0 Å². The van der Waals surface area contributed by atoms with Crippen molar-refractivity contribution in [3.63, 3.8) is 0 Å². The number of rotatable bonds is 4. The highest BCUT2D eigenvalue weighted by molar-refractivity contribution is 5.31. The summed E-state index contributed by atoms with van der Waals surface area (Å²) < 4.78 is 18.8. The lowest BCUT2D eigenvalue weighted by Gasteiger charge is -2.41. The van der Waals surface area contributed by atoms with Crippen molar-refractivity contribution >= 4 is 0 Å². The second-order valence-corrected chi connectivity index (χ2v) is 5.79. The van der Waals surface area contributed by atoms with E-state index in [1.54, 1.807) is 12.1 Å². The number of hydrogen-bond donors (Lipinski definition) is 1. The van der Waals surface area contributed by atoms with E-state index >= 15 is 0 Å². The van der Waals surface area contributed by atoms with Crippen molar-refractivity contribution in [1.82, 2.24) is 4.90 Å². The van der Waals surface area contributed by atoms with Crippen LogP contribution in [0, 0.1) is 11.7 Å². The van der Waals surface area contributed by atoms with E-state index in [1.807, 2.05) is 6.07 Å². The zero-order chi connectivity index (χ0) is 14.7. The number of halogens is 1. The first-order valence-corrected chi connectivity index (χ1v) is 7.36. The SMILES string of the molecule is COc1ccc(C(C)N2CC(CN)CCC2C)cc1F. The average molecular weight is 280 g/mol. The van der Waals surface area contributed by atoms with Crippen molar-refractivity contribution < 1.29 is 9.13 Å². The average Bonchev–Trinajstić information content (AvgIpc) is 2.47. The molecule has 0 saturated carbocycles. The van der Waals surface area contributed by atoms with Crippen LogP contribution in [0.25, 0.3) is 0 Å². The van der Waals surface area contributed by atoms with Gasteiger partial charge in [-0.05, 0) is 56.8 Å². The first kappa shape index (κ1) is 15.3. The molecular formula is C16H25FN2O. The molecule has 3 unspecified atom stereocenters. The second kappa shape index (κ2) is 6.55. The molecule has 0 aliphatic carbocycles. The molecule has 0 aromatic heterocycles. The Balaban J connectivity index is 2.16. The molecule has 2 N–H and O–H groups in total. The van der Waals surface area contributed by atoms with Crippen LogP contribution < -0.4 is 10.5 Å². The zero-order valence-electron chi connectivity index (χ0n) is 12.6. The van der Waals surface area contributed by atoms with Crippen molar-refractivity contribution in [2.45, 2.75) is 38.8 Å². The highest BCUT2D eigenvalue weighted by Gasteiger charge is 2.29. The highest BCUT2D eigenvalue weighted by atomic mass is 19.1. The molecule has 1 heterocycles. The van der Waals surface area contributed by atoms with Crippen molar-refractivity contribution in [2.24, 2.45) is 11.7 Å². The summed E-state index contributed by atoms with van der Waals surface area (Å²) in [5, 5.41) is 0. The third-order valence-corrected chi connectivity index (χ3v) is 4.52. The summed E-state index contributed by atoms with van der Waals surface area (Å²) in [6, 6.07) is 5.95. The van der Waals surface area contributed by atoms with Crippen LogP contribution in [0.3, 0.4) is 0 Å². The Morgan fingerprint density at radius 3 is 2.80 bits per heavy atom. The molecule has 0 spiro atoms. The smallest absolute Gasteiger partial charge is 0.165 e.